The van der Waals surface area contributed by atoms with Crippen LogP contribution in [0.4, 0.5) is 17.3 Å². The second-order valence-corrected chi connectivity index (χ2v) is 10.3. The molecule has 8 nitrogen and oxygen atoms in total. The molecule has 0 radical (unpaired) electrons. The van der Waals surface area contributed by atoms with Gasteiger partial charge in [0.2, 0.25) is 0 Å². The van der Waals surface area contributed by atoms with Crippen LogP contribution in [0.1, 0.15) is 12.8 Å². The predicted octanol–water partition coefficient (Wildman–Crippen LogP) is 1.38. The quantitative estimate of drug-likeness (QED) is 0.151. The fraction of sp³-hybridized carbons (Fsp3) is 0.280. The molecule has 2 aliphatic rings. The van der Waals surface area contributed by atoms with Gasteiger partial charge in [-0.05, 0) is 6.07 Å². The number of likely N-dealkylation sites (tertiary alicyclic amines) is 1. The van der Waals surface area contributed by atoms with Crippen molar-refractivity contribution in [2.75, 3.05) is 39.7 Å². The number of hydrogen-bond donors (Lipinski definition) is 2. The molecule has 0 unspecified atom stereocenters. The standard InChI is InChI=1S/C25H26IN6O2/c1-2-13-31(12-1)17-26-29-20-9-7-19(8-10-20)27-25-28-24-5-3-4-21(32(24)30-25)18-6-11-22-23(16-18)34-15-14-33-22/h3-11,16,29H,1-2,12-15,17H2,(H,27,30)/q-1. The van der Waals surface area contributed by atoms with E-state index in [0.717, 1.165) is 34.1 Å². The molecule has 1 fully saturated rings. The molecule has 1 saturated heterocycles. The maximum atomic E-state index is 5.75. The van der Waals surface area contributed by atoms with E-state index in [-0.39, 0.29) is 21.5 Å². The Labute approximate surface area is 208 Å². The minimum atomic E-state index is -0.0592. The van der Waals surface area contributed by atoms with Crippen molar-refractivity contribution in [2.24, 2.45) is 0 Å². The zero-order valence-corrected chi connectivity index (χ0v) is 20.9. The number of rotatable bonds is 7. The normalized spacial score (nSPS) is 15.6. The number of ether oxygens (including phenoxy) is 2. The van der Waals surface area contributed by atoms with Crippen molar-refractivity contribution >= 4 is 23.0 Å². The first kappa shape index (κ1) is 21.5. The molecule has 176 valence electrons. The minimum absolute atomic E-state index is 0.0592. The molecular formula is C25H26IN6O2-. The summed E-state index contributed by atoms with van der Waals surface area (Å²) >= 11 is -0.0592. The van der Waals surface area contributed by atoms with Crippen molar-refractivity contribution in [3.63, 3.8) is 0 Å². The van der Waals surface area contributed by atoms with Crippen LogP contribution >= 0.6 is 0 Å². The summed E-state index contributed by atoms with van der Waals surface area (Å²) in [5, 5.41) is 8.05. The van der Waals surface area contributed by atoms with Gasteiger partial charge in [0.25, 0.3) is 0 Å². The van der Waals surface area contributed by atoms with E-state index < -0.39 is 0 Å². The van der Waals surface area contributed by atoms with Gasteiger partial charge < -0.3 is 9.47 Å². The van der Waals surface area contributed by atoms with E-state index in [1.165, 1.54) is 36.2 Å². The summed E-state index contributed by atoms with van der Waals surface area (Å²) in [7, 11) is 0. The summed E-state index contributed by atoms with van der Waals surface area (Å²) in [6.07, 6.45) is 2.69. The molecule has 2 aromatic heterocycles. The van der Waals surface area contributed by atoms with E-state index >= 15 is 0 Å². The third kappa shape index (κ3) is 4.62. The molecule has 0 atom stereocenters. The van der Waals surface area contributed by atoms with Crippen molar-refractivity contribution in [3.8, 4) is 22.8 Å². The Hall–Kier alpha value is -3.05. The van der Waals surface area contributed by atoms with E-state index in [4.69, 9.17) is 14.6 Å². The van der Waals surface area contributed by atoms with E-state index in [1.54, 1.807) is 0 Å². The summed E-state index contributed by atoms with van der Waals surface area (Å²) in [6, 6.07) is 20.3. The van der Waals surface area contributed by atoms with Crippen LogP contribution in [-0.4, -0.2) is 50.4 Å². The molecule has 0 spiro atoms. The zero-order valence-electron chi connectivity index (χ0n) is 18.7. The Morgan fingerprint density at radius 1 is 0.882 bits per heavy atom. The Balaban J connectivity index is 1.16. The molecule has 34 heavy (non-hydrogen) atoms. The number of nitrogens with one attached hydrogen (secondary N) is 2. The van der Waals surface area contributed by atoms with Crippen molar-refractivity contribution < 1.29 is 31.0 Å². The van der Waals surface area contributed by atoms with Gasteiger partial charge in [-0.3, -0.25) is 0 Å². The average Bonchev–Trinajstić information content (AvgIpc) is 3.54. The second kappa shape index (κ2) is 9.67. The number of aromatic nitrogens is 3. The molecule has 9 heteroatoms. The van der Waals surface area contributed by atoms with Gasteiger partial charge in [-0.1, -0.05) is 0 Å². The third-order valence-electron chi connectivity index (χ3n) is 5.94. The molecule has 6 rings (SSSR count). The molecule has 0 bridgehead atoms. The molecule has 0 aliphatic carbocycles. The fourth-order valence-corrected chi connectivity index (χ4v) is 6.35. The van der Waals surface area contributed by atoms with Crippen molar-refractivity contribution in [3.05, 3.63) is 60.7 Å². The zero-order chi connectivity index (χ0) is 22.7. The summed E-state index contributed by atoms with van der Waals surface area (Å²) in [6.45, 7) is 3.66. The van der Waals surface area contributed by atoms with Crippen LogP contribution in [0.15, 0.2) is 60.7 Å². The van der Waals surface area contributed by atoms with Crippen LogP contribution in [0.3, 0.4) is 0 Å². The van der Waals surface area contributed by atoms with Crippen LogP contribution in [0.2, 0.25) is 0 Å². The molecular weight excluding hydrogens is 543 g/mol. The summed E-state index contributed by atoms with van der Waals surface area (Å²) in [4.78, 5) is 7.23. The molecule has 4 aromatic rings. The van der Waals surface area contributed by atoms with Crippen LogP contribution in [0.25, 0.3) is 16.9 Å². The number of fused-ring (bicyclic) bond motifs is 2. The number of alkyl halides is 1. The first-order valence-electron chi connectivity index (χ1n) is 11.5. The van der Waals surface area contributed by atoms with E-state index in [9.17, 15) is 0 Å². The fourth-order valence-electron chi connectivity index (χ4n) is 4.22. The van der Waals surface area contributed by atoms with Crippen LogP contribution in [0, 0.1) is 0 Å². The van der Waals surface area contributed by atoms with Gasteiger partial charge >= 0.3 is 169 Å². The topological polar surface area (TPSA) is 76.0 Å². The first-order valence-corrected chi connectivity index (χ1v) is 14.1. The Bertz CT molecular complexity index is 1290. The van der Waals surface area contributed by atoms with Crippen molar-refractivity contribution in [1.82, 2.24) is 19.5 Å². The Morgan fingerprint density at radius 2 is 1.68 bits per heavy atom. The number of benzene rings is 2. The maximum absolute atomic E-state index is 5.75. The van der Waals surface area contributed by atoms with Crippen LogP contribution in [-0.2, 0) is 0 Å². The second-order valence-electron chi connectivity index (χ2n) is 8.35. The van der Waals surface area contributed by atoms with Gasteiger partial charge in [-0.2, -0.15) is 0 Å². The molecule has 4 heterocycles. The van der Waals surface area contributed by atoms with Gasteiger partial charge in [-0.15, -0.1) is 0 Å². The van der Waals surface area contributed by atoms with Crippen LogP contribution in [0.5, 0.6) is 11.5 Å². The van der Waals surface area contributed by atoms with Gasteiger partial charge in [0.05, 0.1) is 0 Å². The van der Waals surface area contributed by atoms with Gasteiger partial charge in [0.15, 0.2) is 11.5 Å². The number of nitrogens with zero attached hydrogens (tertiary/aromatic N) is 4. The number of pyridine rings is 1. The predicted molar refractivity (Wildman–Crippen MR) is 128 cm³/mol. The Kier molecular flexibility index (Phi) is 6.11. The van der Waals surface area contributed by atoms with Gasteiger partial charge in [-0.25, -0.2) is 0 Å². The van der Waals surface area contributed by atoms with Crippen molar-refractivity contribution in [2.45, 2.75) is 12.8 Å². The number of halogens is 1. The third-order valence-corrected chi connectivity index (χ3v) is 8.25. The Morgan fingerprint density at radius 3 is 2.53 bits per heavy atom. The summed E-state index contributed by atoms with van der Waals surface area (Å²) in [5.41, 5.74) is 4.84. The summed E-state index contributed by atoms with van der Waals surface area (Å²) in [5.74, 6) is 2.10. The molecule has 2 aliphatic heterocycles. The van der Waals surface area contributed by atoms with E-state index in [0.29, 0.717) is 19.2 Å². The molecule has 2 N–H and O–H groups in total. The molecule has 0 saturated carbocycles. The van der Waals surface area contributed by atoms with Gasteiger partial charge in [0, 0.05) is 0 Å². The van der Waals surface area contributed by atoms with Crippen molar-refractivity contribution in [1.29, 1.82) is 0 Å². The summed E-state index contributed by atoms with van der Waals surface area (Å²) < 4.78 is 18.1. The average molecular weight is 569 g/mol. The van der Waals surface area contributed by atoms with Gasteiger partial charge in [0.1, 0.15) is 13.2 Å². The van der Waals surface area contributed by atoms with E-state index in [2.05, 4.69) is 43.0 Å². The first-order chi connectivity index (χ1) is 16.8. The molecule has 0 amide bonds. The molecule has 2 aromatic carbocycles. The number of hydrogen-bond acceptors (Lipinski definition) is 7. The number of anilines is 3. The van der Waals surface area contributed by atoms with E-state index in [1.807, 2.05) is 40.9 Å². The van der Waals surface area contributed by atoms with Crippen LogP contribution < -0.4 is 39.8 Å². The SMILES string of the molecule is c1cc(-c2ccc3c(c2)OCCO3)n2nc(Nc3ccc(N[I-]CN4CCCC4)cc3)nc2c1. The monoisotopic (exact) mass is 569 g/mol.